The molecule has 0 bridgehead atoms. The van der Waals surface area contributed by atoms with Crippen LogP contribution in [-0.4, -0.2) is 66.5 Å². The summed E-state index contributed by atoms with van der Waals surface area (Å²) in [6.07, 6.45) is 0.865. The van der Waals surface area contributed by atoms with E-state index >= 15 is 0 Å². The van der Waals surface area contributed by atoms with Gasteiger partial charge in [-0.1, -0.05) is 0 Å². The van der Waals surface area contributed by atoms with Crippen LogP contribution < -0.4 is 0 Å². The maximum Gasteiger partial charge on any atom is 0.305 e. The Hall–Kier alpha value is -1.24. The maximum absolute atomic E-state index is 11.8. The summed E-state index contributed by atoms with van der Waals surface area (Å²) in [5, 5.41) is 0. The molecule has 1 fully saturated rings. The van der Waals surface area contributed by atoms with Gasteiger partial charge in [0, 0.05) is 20.0 Å². The van der Waals surface area contributed by atoms with Gasteiger partial charge in [-0.3, -0.25) is 14.4 Å². The smallest absolute Gasteiger partial charge is 0.305 e. The summed E-state index contributed by atoms with van der Waals surface area (Å²) < 4.78 is 4.52. The van der Waals surface area contributed by atoms with Crippen molar-refractivity contribution in [1.29, 1.82) is 0 Å². The van der Waals surface area contributed by atoms with Gasteiger partial charge >= 0.3 is 5.97 Å². The van der Waals surface area contributed by atoms with Gasteiger partial charge in [-0.05, 0) is 6.42 Å². The number of amides is 2. The van der Waals surface area contributed by atoms with Crippen molar-refractivity contribution in [3.05, 3.63) is 0 Å². The molecule has 0 aliphatic carbocycles. The van der Waals surface area contributed by atoms with Crippen LogP contribution in [-0.2, 0) is 19.1 Å². The van der Waals surface area contributed by atoms with E-state index in [-0.39, 0.29) is 24.3 Å². The molecule has 0 saturated carbocycles. The minimum Gasteiger partial charge on any atom is -0.469 e. The second-order valence-electron chi connectivity index (χ2n) is 4.06. The molecule has 0 spiro atoms. The highest BCUT2D eigenvalue weighted by atomic mass is 32.2. The molecule has 1 aliphatic heterocycles. The van der Waals surface area contributed by atoms with Crippen LogP contribution in [0.5, 0.6) is 0 Å². The Morgan fingerprint density at radius 3 is 2.78 bits per heavy atom. The van der Waals surface area contributed by atoms with E-state index in [2.05, 4.69) is 4.74 Å². The molecule has 0 aromatic heterocycles. The lowest BCUT2D eigenvalue weighted by molar-refractivity contribution is -0.141. The summed E-state index contributed by atoms with van der Waals surface area (Å²) >= 11 is 1.51. The van der Waals surface area contributed by atoms with E-state index in [1.807, 2.05) is 0 Å². The molecule has 2 amide bonds. The molecule has 1 rings (SSSR count). The molecule has 1 saturated heterocycles. The van der Waals surface area contributed by atoms with Crippen molar-refractivity contribution in [1.82, 2.24) is 9.80 Å². The zero-order valence-corrected chi connectivity index (χ0v) is 11.5. The lowest BCUT2D eigenvalue weighted by Crippen LogP contribution is -2.39. The number of hydrogen-bond donors (Lipinski definition) is 0. The number of carbonyl (C=O) groups is 3. The Kier molecular flexibility index (Phi) is 5.97. The van der Waals surface area contributed by atoms with Crippen LogP contribution in [0, 0.1) is 0 Å². The van der Waals surface area contributed by atoms with Crippen LogP contribution in [0.2, 0.25) is 0 Å². The van der Waals surface area contributed by atoms with E-state index in [0.717, 1.165) is 0 Å². The van der Waals surface area contributed by atoms with Gasteiger partial charge in [0.05, 0.1) is 18.7 Å². The first-order chi connectivity index (χ1) is 8.54. The van der Waals surface area contributed by atoms with Crippen molar-refractivity contribution in [2.75, 3.05) is 38.9 Å². The molecule has 6 nitrogen and oxygen atoms in total. The van der Waals surface area contributed by atoms with Gasteiger partial charge in [0.1, 0.15) is 6.54 Å². The van der Waals surface area contributed by atoms with Crippen LogP contribution in [0.4, 0.5) is 0 Å². The SMILES string of the molecule is COC(=O)CCCN(C)C(=O)CN1CSCC1=O. The summed E-state index contributed by atoms with van der Waals surface area (Å²) in [5.74, 6) is 0.675. The maximum atomic E-state index is 11.8. The predicted molar refractivity (Wildman–Crippen MR) is 67.9 cm³/mol. The Morgan fingerprint density at radius 1 is 1.50 bits per heavy atom. The number of methoxy groups -OCH3 is 1. The lowest BCUT2D eigenvalue weighted by Gasteiger charge is -2.20. The number of hydrogen-bond acceptors (Lipinski definition) is 5. The molecule has 0 unspecified atom stereocenters. The number of likely N-dealkylation sites (N-methyl/N-ethyl adjacent to an activating group) is 1. The topological polar surface area (TPSA) is 66.9 Å². The molecule has 0 N–H and O–H groups in total. The molecular weight excluding hydrogens is 256 g/mol. The molecule has 1 aliphatic rings. The second kappa shape index (κ2) is 7.25. The summed E-state index contributed by atoms with van der Waals surface area (Å²) in [5.41, 5.74) is 0. The Labute approximate surface area is 111 Å². The number of nitrogens with zero attached hydrogens (tertiary/aromatic N) is 2. The third-order valence-corrected chi connectivity index (χ3v) is 3.62. The lowest BCUT2D eigenvalue weighted by atomic mass is 10.3. The highest BCUT2D eigenvalue weighted by Gasteiger charge is 2.24. The van der Waals surface area contributed by atoms with E-state index in [9.17, 15) is 14.4 Å². The van der Waals surface area contributed by atoms with Crippen molar-refractivity contribution in [3.8, 4) is 0 Å². The van der Waals surface area contributed by atoms with Crippen LogP contribution in [0.3, 0.4) is 0 Å². The molecule has 7 heteroatoms. The Bertz CT molecular complexity index is 335. The van der Waals surface area contributed by atoms with Crippen molar-refractivity contribution >= 4 is 29.5 Å². The number of ether oxygens (including phenoxy) is 1. The molecule has 0 aromatic carbocycles. The molecule has 0 radical (unpaired) electrons. The third-order valence-electron chi connectivity index (χ3n) is 2.68. The molecular formula is C11H18N2O4S. The third kappa shape index (κ3) is 4.56. The van der Waals surface area contributed by atoms with Crippen molar-refractivity contribution in [2.24, 2.45) is 0 Å². The van der Waals surface area contributed by atoms with Gasteiger partial charge in [0.25, 0.3) is 0 Å². The van der Waals surface area contributed by atoms with Crippen LogP contribution >= 0.6 is 11.8 Å². The fourth-order valence-electron chi connectivity index (χ4n) is 1.51. The van der Waals surface area contributed by atoms with Crippen LogP contribution in [0.1, 0.15) is 12.8 Å². The first kappa shape index (κ1) is 14.8. The average molecular weight is 274 g/mol. The molecule has 102 valence electrons. The minimum absolute atomic E-state index is 0.0105. The van der Waals surface area contributed by atoms with Crippen LogP contribution in [0.25, 0.3) is 0 Å². The molecule has 0 aromatic rings. The standard InChI is InChI=1S/C11H18N2O4S/c1-12(5-3-4-11(16)17-2)9(14)6-13-8-18-7-10(13)15/h3-8H2,1-2H3. The second-order valence-corrected chi connectivity index (χ2v) is 5.02. The summed E-state index contributed by atoms with van der Waals surface area (Å²) in [6, 6.07) is 0. The largest absolute Gasteiger partial charge is 0.469 e. The highest BCUT2D eigenvalue weighted by molar-refractivity contribution is 8.00. The summed E-state index contributed by atoms with van der Waals surface area (Å²) in [4.78, 5) is 37.1. The number of thioether (sulfide) groups is 1. The normalized spacial score (nSPS) is 14.8. The number of esters is 1. The van der Waals surface area contributed by atoms with E-state index in [0.29, 0.717) is 31.0 Å². The van der Waals surface area contributed by atoms with Gasteiger partial charge in [-0.15, -0.1) is 11.8 Å². The average Bonchev–Trinajstić information content (AvgIpc) is 2.74. The molecule has 18 heavy (non-hydrogen) atoms. The van der Waals surface area contributed by atoms with E-state index < -0.39 is 0 Å². The highest BCUT2D eigenvalue weighted by Crippen LogP contribution is 2.14. The van der Waals surface area contributed by atoms with Crippen molar-refractivity contribution in [3.63, 3.8) is 0 Å². The quantitative estimate of drug-likeness (QED) is 0.634. The fraction of sp³-hybridized carbons (Fsp3) is 0.727. The van der Waals surface area contributed by atoms with Gasteiger partial charge in [0.2, 0.25) is 11.8 Å². The van der Waals surface area contributed by atoms with Gasteiger partial charge in [0.15, 0.2) is 0 Å². The summed E-state index contributed by atoms with van der Waals surface area (Å²) in [7, 11) is 3.02. The number of carbonyl (C=O) groups excluding carboxylic acids is 3. The van der Waals surface area contributed by atoms with E-state index in [1.165, 1.54) is 18.9 Å². The first-order valence-corrected chi connectivity index (χ1v) is 6.86. The van der Waals surface area contributed by atoms with Crippen LogP contribution in [0.15, 0.2) is 0 Å². The number of rotatable bonds is 6. The van der Waals surface area contributed by atoms with Gasteiger partial charge in [-0.2, -0.15) is 0 Å². The zero-order valence-electron chi connectivity index (χ0n) is 10.7. The predicted octanol–water partition coefficient (Wildman–Crippen LogP) is -0.0691. The molecule has 0 atom stereocenters. The van der Waals surface area contributed by atoms with Crippen molar-refractivity contribution in [2.45, 2.75) is 12.8 Å². The van der Waals surface area contributed by atoms with E-state index in [1.54, 1.807) is 16.8 Å². The van der Waals surface area contributed by atoms with Gasteiger partial charge < -0.3 is 14.5 Å². The Morgan fingerprint density at radius 2 is 2.22 bits per heavy atom. The molecule has 1 heterocycles. The monoisotopic (exact) mass is 274 g/mol. The zero-order chi connectivity index (χ0) is 13.5. The minimum atomic E-state index is -0.276. The van der Waals surface area contributed by atoms with Gasteiger partial charge in [-0.25, -0.2) is 0 Å². The fourth-order valence-corrected chi connectivity index (χ4v) is 2.42. The van der Waals surface area contributed by atoms with E-state index in [4.69, 9.17) is 0 Å². The Balaban J connectivity index is 2.24. The summed E-state index contributed by atoms with van der Waals surface area (Å²) in [6.45, 7) is 0.615. The first-order valence-electron chi connectivity index (χ1n) is 5.71. The van der Waals surface area contributed by atoms with Crippen molar-refractivity contribution < 1.29 is 19.1 Å².